The fourth-order valence-electron chi connectivity index (χ4n) is 2.70. The van der Waals surface area contributed by atoms with Crippen LogP contribution in [-0.4, -0.2) is 64.8 Å². The molecule has 1 amide bonds. The zero-order valence-electron chi connectivity index (χ0n) is 11.7. The molecular formula is C13H20N4O3. The van der Waals surface area contributed by atoms with E-state index in [-0.39, 0.29) is 12.0 Å². The molecule has 3 heterocycles. The number of aromatic nitrogens is 2. The molecule has 2 aliphatic rings. The van der Waals surface area contributed by atoms with Crippen LogP contribution in [0.25, 0.3) is 0 Å². The predicted octanol–water partition coefficient (Wildman–Crippen LogP) is 0.201. The third kappa shape index (κ3) is 2.99. The van der Waals surface area contributed by atoms with E-state index in [9.17, 15) is 4.79 Å². The number of rotatable bonds is 3. The Balaban J connectivity index is 1.48. The van der Waals surface area contributed by atoms with Crippen LogP contribution in [-0.2, 0) is 16.1 Å². The maximum atomic E-state index is 12.2. The smallest absolute Gasteiger partial charge is 0.251 e. The van der Waals surface area contributed by atoms with Crippen molar-refractivity contribution in [2.75, 3.05) is 32.8 Å². The molecule has 7 heteroatoms. The molecule has 110 valence electrons. The number of carbonyl (C=O) groups excluding carboxylic acids is 1. The van der Waals surface area contributed by atoms with Crippen molar-refractivity contribution in [2.24, 2.45) is 0 Å². The highest BCUT2D eigenvalue weighted by Crippen LogP contribution is 2.16. The first kappa shape index (κ1) is 13.5. The molecule has 2 saturated heterocycles. The molecule has 1 aromatic rings. The van der Waals surface area contributed by atoms with Gasteiger partial charge in [0.2, 0.25) is 11.8 Å². The van der Waals surface area contributed by atoms with E-state index < -0.39 is 0 Å². The van der Waals surface area contributed by atoms with E-state index in [4.69, 9.17) is 9.15 Å². The van der Waals surface area contributed by atoms with E-state index in [0.29, 0.717) is 24.9 Å². The molecule has 0 radical (unpaired) electrons. The third-order valence-electron chi connectivity index (χ3n) is 3.82. The second-order valence-corrected chi connectivity index (χ2v) is 5.32. The Morgan fingerprint density at radius 3 is 2.70 bits per heavy atom. The number of aryl methyl sites for hydroxylation is 1. The Morgan fingerprint density at radius 1 is 1.30 bits per heavy atom. The number of piperazine rings is 1. The van der Waals surface area contributed by atoms with Crippen LogP contribution in [0.3, 0.4) is 0 Å². The van der Waals surface area contributed by atoms with Gasteiger partial charge in [-0.2, -0.15) is 0 Å². The molecule has 0 aliphatic carbocycles. The van der Waals surface area contributed by atoms with Crippen molar-refractivity contribution >= 4 is 5.91 Å². The quantitative estimate of drug-likeness (QED) is 0.787. The standard InChI is InChI=1S/C13H20N4O3/c1-10-14-15-12(20-10)9-16-4-6-17(7-5-16)13(18)11-3-2-8-19-11/h11H,2-9H2,1H3. The fraction of sp³-hybridized carbons (Fsp3) is 0.769. The van der Waals surface area contributed by atoms with Crippen molar-refractivity contribution in [3.8, 4) is 0 Å². The maximum Gasteiger partial charge on any atom is 0.251 e. The average molecular weight is 280 g/mol. The largest absolute Gasteiger partial charge is 0.424 e. The zero-order chi connectivity index (χ0) is 13.9. The second kappa shape index (κ2) is 5.88. The summed E-state index contributed by atoms with van der Waals surface area (Å²) in [5, 5.41) is 7.82. The molecule has 0 aromatic carbocycles. The van der Waals surface area contributed by atoms with E-state index >= 15 is 0 Å². The molecule has 7 nitrogen and oxygen atoms in total. The van der Waals surface area contributed by atoms with E-state index in [1.54, 1.807) is 6.92 Å². The highest BCUT2D eigenvalue weighted by atomic mass is 16.5. The van der Waals surface area contributed by atoms with Gasteiger partial charge in [0, 0.05) is 39.7 Å². The normalized spacial score (nSPS) is 24.2. The Morgan fingerprint density at radius 2 is 2.10 bits per heavy atom. The summed E-state index contributed by atoms with van der Waals surface area (Å²) in [5.41, 5.74) is 0. The summed E-state index contributed by atoms with van der Waals surface area (Å²) in [6.45, 7) is 6.31. The van der Waals surface area contributed by atoms with Crippen LogP contribution < -0.4 is 0 Å². The van der Waals surface area contributed by atoms with E-state index in [2.05, 4.69) is 15.1 Å². The SMILES string of the molecule is Cc1nnc(CN2CCN(C(=O)C3CCCO3)CC2)o1. The summed E-state index contributed by atoms with van der Waals surface area (Å²) >= 11 is 0. The van der Waals surface area contributed by atoms with Gasteiger partial charge < -0.3 is 14.1 Å². The lowest BCUT2D eigenvalue weighted by Gasteiger charge is -2.35. The fourth-order valence-corrected chi connectivity index (χ4v) is 2.70. The van der Waals surface area contributed by atoms with Gasteiger partial charge in [-0.1, -0.05) is 0 Å². The van der Waals surface area contributed by atoms with Crippen molar-refractivity contribution in [2.45, 2.75) is 32.4 Å². The van der Waals surface area contributed by atoms with Crippen LogP contribution in [0.4, 0.5) is 0 Å². The van der Waals surface area contributed by atoms with Crippen LogP contribution in [0.2, 0.25) is 0 Å². The molecule has 0 spiro atoms. The lowest BCUT2D eigenvalue weighted by Crippen LogP contribution is -2.51. The Bertz CT molecular complexity index is 462. The van der Waals surface area contributed by atoms with Crippen molar-refractivity contribution in [1.82, 2.24) is 20.0 Å². The molecule has 1 unspecified atom stereocenters. The van der Waals surface area contributed by atoms with Crippen LogP contribution in [0.5, 0.6) is 0 Å². The summed E-state index contributed by atoms with van der Waals surface area (Å²) < 4.78 is 10.8. The Kier molecular flexibility index (Phi) is 3.98. The number of hydrogen-bond acceptors (Lipinski definition) is 6. The average Bonchev–Trinajstić information content (AvgIpc) is 3.11. The number of hydrogen-bond donors (Lipinski definition) is 0. The van der Waals surface area contributed by atoms with Gasteiger partial charge in [-0.15, -0.1) is 10.2 Å². The number of nitrogens with zero attached hydrogens (tertiary/aromatic N) is 4. The van der Waals surface area contributed by atoms with Gasteiger partial charge in [0.25, 0.3) is 5.91 Å². The second-order valence-electron chi connectivity index (χ2n) is 5.32. The number of amides is 1. The summed E-state index contributed by atoms with van der Waals surface area (Å²) in [5.74, 6) is 1.38. The van der Waals surface area contributed by atoms with Crippen LogP contribution in [0.1, 0.15) is 24.6 Å². The summed E-state index contributed by atoms with van der Waals surface area (Å²) in [6, 6.07) is 0. The zero-order valence-corrected chi connectivity index (χ0v) is 11.7. The lowest BCUT2D eigenvalue weighted by molar-refractivity contribution is -0.142. The summed E-state index contributed by atoms with van der Waals surface area (Å²) in [6.07, 6.45) is 1.65. The van der Waals surface area contributed by atoms with Gasteiger partial charge in [0.05, 0.1) is 6.54 Å². The minimum absolute atomic E-state index is 0.149. The number of carbonyl (C=O) groups is 1. The van der Waals surface area contributed by atoms with Gasteiger partial charge >= 0.3 is 0 Å². The van der Waals surface area contributed by atoms with Crippen molar-refractivity contribution in [3.63, 3.8) is 0 Å². The van der Waals surface area contributed by atoms with E-state index in [0.717, 1.165) is 39.0 Å². The van der Waals surface area contributed by atoms with Gasteiger partial charge in [0.15, 0.2) is 0 Å². The molecule has 3 rings (SSSR count). The van der Waals surface area contributed by atoms with Crippen molar-refractivity contribution in [1.29, 1.82) is 0 Å². The molecule has 1 atom stereocenters. The molecule has 0 saturated carbocycles. The molecule has 20 heavy (non-hydrogen) atoms. The van der Waals surface area contributed by atoms with Crippen molar-refractivity contribution < 1.29 is 13.9 Å². The molecular weight excluding hydrogens is 260 g/mol. The number of ether oxygens (including phenoxy) is 1. The first-order valence-electron chi connectivity index (χ1n) is 7.14. The van der Waals surface area contributed by atoms with Crippen molar-refractivity contribution in [3.05, 3.63) is 11.8 Å². The predicted molar refractivity (Wildman–Crippen MR) is 69.9 cm³/mol. The maximum absolute atomic E-state index is 12.2. The van der Waals surface area contributed by atoms with E-state index in [1.807, 2.05) is 4.90 Å². The highest BCUT2D eigenvalue weighted by molar-refractivity contribution is 5.81. The molecule has 1 aromatic heterocycles. The minimum Gasteiger partial charge on any atom is -0.424 e. The van der Waals surface area contributed by atoms with Crippen LogP contribution in [0, 0.1) is 6.92 Å². The van der Waals surface area contributed by atoms with Crippen LogP contribution >= 0.6 is 0 Å². The van der Waals surface area contributed by atoms with Gasteiger partial charge in [-0.05, 0) is 12.8 Å². The minimum atomic E-state index is -0.208. The first-order valence-corrected chi connectivity index (χ1v) is 7.14. The van der Waals surface area contributed by atoms with Gasteiger partial charge in [0.1, 0.15) is 6.10 Å². The highest BCUT2D eigenvalue weighted by Gasteiger charge is 2.30. The monoisotopic (exact) mass is 280 g/mol. The topological polar surface area (TPSA) is 71.7 Å². The summed E-state index contributed by atoms with van der Waals surface area (Å²) in [4.78, 5) is 16.3. The lowest BCUT2D eigenvalue weighted by atomic mass is 10.2. The Labute approximate surface area is 117 Å². The Hall–Kier alpha value is -1.47. The molecule has 2 fully saturated rings. The summed E-state index contributed by atoms with van der Waals surface area (Å²) in [7, 11) is 0. The van der Waals surface area contributed by atoms with Gasteiger partial charge in [-0.3, -0.25) is 9.69 Å². The van der Waals surface area contributed by atoms with E-state index in [1.165, 1.54) is 0 Å². The molecule has 0 bridgehead atoms. The molecule has 2 aliphatic heterocycles. The first-order chi connectivity index (χ1) is 9.72. The van der Waals surface area contributed by atoms with Gasteiger partial charge in [-0.25, -0.2) is 0 Å². The molecule has 0 N–H and O–H groups in total. The third-order valence-corrected chi connectivity index (χ3v) is 3.82. The van der Waals surface area contributed by atoms with Crippen LogP contribution in [0.15, 0.2) is 4.42 Å².